The maximum atomic E-state index is 13.0. The molecule has 1 aliphatic rings. The molecule has 2 atom stereocenters. The number of phenolic OH excluding ortho intramolecular Hbond substituents is 1. The number of rotatable bonds is 7. The zero-order chi connectivity index (χ0) is 21.2. The molecule has 1 amide bonds. The van der Waals surface area contributed by atoms with Crippen LogP contribution in [0.4, 0.5) is 0 Å². The van der Waals surface area contributed by atoms with E-state index in [0.29, 0.717) is 19.3 Å². The first kappa shape index (κ1) is 21.3. The maximum absolute atomic E-state index is 13.0. The molecular formula is C22H28N2O4S. The first-order valence-electron chi connectivity index (χ1n) is 9.87. The molecule has 2 aromatic rings. The summed E-state index contributed by atoms with van der Waals surface area (Å²) in [6.45, 7) is 5.78. The maximum Gasteiger partial charge on any atom is 0.241 e. The molecule has 2 unspecified atom stereocenters. The molecule has 0 saturated carbocycles. The van der Waals surface area contributed by atoms with Crippen molar-refractivity contribution in [2.24, 2.45) is 5.92 Å². The van der Waals surface area contributed by atoms with Crippen molar-refractivity contribution in [3.63, 3.8) is 0 Å². The highest BCUT2D eigenvalue weighted by Crippen LogP contribution is 2.36. The summed E-state index contributed by atoms with van der Waals surface area (Å²) < 4.78 is 28.2. The fourth-order valence-electron chi connectivity index (χ4n) is 3.71. The Bertz CT molecular complexity index is 984. The van der Waals surface area contributed by atoms with Gasteiger partial charge < -0.3 is 10.4 Å². The van der Waals surface area contributed by atoms with E-state index in [2.05, 4.69) is 10.0 Å². The largest absolute Gasteiger partial charge is 0.508 e. The highest BCUT2D eigenvalue weighted by atomic mass is 32.2. The predicted octanol–water partition coefficient (Wildman–Crippen LogP) is 3.20. The highest BCUT2D eigenvalue weighted by Gasteiger charge is 2.31. The van der Waals surface area contributed by atoms with Gasteiger partial charge in [0.25, 0.3) is 0 Å². The van der Waals surface area contributed by atoms with Crippen LogP contribution >= 0.6 is 0 Å². The van der Waals surface area contributed by atoms with Crippen molar-refractivity contribution in [3.05, 3.63) is 59.2 Å². The number of phenols is 1. The average Bonchev–Trinajstić information content (AvgIpc) is 3.05. The number of aryl methyl sites for hydroxylation is 1. The molecule has 0 fully saturated rings. The average molecular weight is 417 g/mol. The van der Waals surface area contributed by atoms with Crippen molar-refractivity contribution in [2.75, 3.05) is 0 Å². The molecule has 0 bridgehead atoms. The molecule has 0 aliphatic heterocycles. The van der Waals surface area contributed by atoms with Crippen molar-refractivity contribution in [1.29, 1.82) is 0 Å². The zero-order valence-corrected chi connectivity index (χ0v) is 17.8. The minimum atomic E-state index is -3.82. The SMILES string of the molecule is Cc1ccc(S(=O)(=O)NC(CC(C)C)C(=O)NC2CCc3c(O)cccc32)cc1. The van der Waals surface area contributed by atoms with E-state index in [4.69, 9.17) is 0 Å². The summed E-state index contributed by atoms with van der Waals surface area (Å²) in [6.07, 6.45) is 1.74. The molecule has 29 heavy (non-hydrogen) atoms. The van der Waals surface area contributed by atoms with Gasteiger partial charge in [0, 0.05) is 0 Å². The molecule has 156 valence electrons. The Morgan fingerprint density at radius 1 is 1.17 bits per heavy atom. The van der Waals surface area contributed by atoms with Gasteiger partial charge in [-0.1, -0.05) is 43.7 Å². The lowest BCUT2D eigenvalue weighted by atomic mass is 10.0. The van der Waals surface area contributed by atoms with Gasteiger partial charge in [-0.3, -0.25) is 4.79 Å². The fourth-order valence-corrected chi connectivity index (χ4v) is 4.92. The smallest absolute Gasteiger partial charge is 0.241 e. The number of aromatic hydroxyl groups is 1. The first-order valence-corrected chi connectivity index (χ1v) is 11.4. The quantitative estimate of drug-likeness (QED) is 0.646. The molecule has 3 N–H and O–H groups in total. The Labute approximate surface area is 172 Å². The van der Waals surface area contributed by atoms with Gasteiger partial charge in [0.2, 0.25) is 15.9 Å². The number of carbonyl (C=O) groups is 1. The van der Waals surface area contributed by atoms with Crippen molar-refractivity contribution < 1.29 is 18.3 Å². The summed E-state index contributed by atoms with van der Waals surface area (Å²) in [5.74, 6) is 0.0139. The van der Waals surface area contributed by atoms with E-state index >= 15 is 0 Å². The van der Waals surface area contributed by atoms with Crippen LogP contribution in [0.15, 0.2) is 47.4 Å². The second-order valence-corrected chi connectivity index (χ2v) is 9.78. The Balaban J connectivity index is 1.78. The van der Waals surface area contributed by atoms with Crippen LogP contribution in [0.1, 0.15) is 49.4 Å². The number of fused-ring (bicyclic) bond motifs is 1. The van der Waals surface area contributed by atoms with E-state index < -0.39 is 16.1 Å². The van der Waals surface area contributed by atoms with E-state index in [9.17, 15) is 18.3 Å². The Kier molecular flexibility index (Phi) is 6.29. The lowest BCUT2D eigenvalue weighted by Crippen LogP contribution is -2.48. The van der Waals surface area contributed by atoms with E-state index in [1.165, 1.54) is 12.1 Å². The number of amides is 1. The van der Waals surface area contributed by atoms with E-state index in [1.54, 1.807) is 24.3 Å². The van der Waals surface area contributed by atoms with Crippen LogP contribution in [0.2, 0.25) is 0 Å². The van der Waals surface area contributed by atoms with Crippen molar-refractivity contribution >= 4 is 15.9 Å². The number of benzene rings is 2. The molecular weight excluding hydrogens is 388 g/mol. The Morgan fingerprint density at radius 2 is 1.86 bits per heavy atom. The third-order valence-electron chi connectivity index (χ3n) is 5.21. The third-order valence-corrected chi connectivity index (χ3v) is 6.70. The van der Waals surface area contributed by atoms with Gasteiger partial charge in [0.1, 0.15) is 11.8 Å². The molecule has 7 heteroatoms. The Hall–Kier alpha value is -2.38. The minimum absolute atomic E-state index is 0.131. The lowest BCUT2D eigenvalue weighted by molar-refractivity contribution is -0.123. The molecule has 0 radical (unpaired) electrons. The van der Waals surface area contributed by atoms with Crippen LogP contribution in [-0.4, -0.2) is 25.5 Å². The van der Waals surface area contributed by atoms with Gasteiger partial charge in [0.05, 0.1) is 10.9 Å². The zero-order valence-electron chi connectivity index (χ0n) is 17.0. The summed E-state index contributed by atoms with van der Waals surface area (Å²) >= 11 is 0. The minimum Gasteiger partial charge on any atom is -0.508 e. The molecule has 3 rings (SSSR count). The van der Waals surface area contributed by atoms with Crippen LogP contribution < -0.4 is 10.0 Å². The highest BCUT2D eigenvalue weighted by molar-refractivity contribution is 7.89. The van der Waals surface area contributed by atoms with Gasteiger partial charge in [0.15, 0.2) is 0 Å². The lowest BCUT2D eigenvalue weighted by Gasteiger charge is -2.23. The molecule has 0 heterocycles. The Morgan fingerprint density at radius 3 is 2.52 bits per heavy atom. The van der Waals surface area contributed by atoms with E-state index in [-0.39, 0.29) is 28.5 Å². The number of hydrogen-bond donors (Lipinski definition) is 3. The summed E-state index contributed by atoms with van der Waals surface area (Å²) in [7, 11) is -3.82. The third kappa shape index (κ3) is 4.97. The molecule has 1 aliphatic carbocycles. The van der Waals surface area contributed by atoms with Crippen molar-refractivity contribution in [2.45, 2.75) is 57.0 Å². The van der Waals surface area contributed by atoms with Crippen LogP contribution in [-0.2, 0) is 21.2 Å². The van der Waals surface area contributed by atoms with E-state index in [0.717, 1.165) is 16.7 Å². The standard InChI is InChI=1S/C22H28N2O4S/c1-14(2)13-20(24-29(27,28)16-9-7-15(3)8-10-16)22(26)23-19-12-11-18-17(19)5-4-6-21(18)25/h4-10,14,19-20,24-25H,11-13H2,1-3H3,(H,23,26). The van der Waals surface area contributed by atoms with Crippen molar-refractivity contribution in [1.82, 2.24) is 10.0 Å². The first-order chi connectivity index (χ1) is 13.7. The van der Waals surface area contributed by atoms with Crippen LogP contribution in [0, 0.1) is 12.8 Å². The number of sulfonamides is 1. The molecule has 0 aromatic heterocycles. The van der Waals surface area contributed by atoms with E-state index in [1.807, 2.05) is 26.8 Å². The van der Waals surface area contributed by atoms with Gasteiger partial charge in [-0.25, -0.2) is 8.42 Å². The monoisotopic (exact) mass is 416 g/mol. The second kappa shape index (κ2) is 8.55. The summed E-state index contributed by atoms with van der Waals surface area (Å²) in [4.78, 5) is 13.1. The van der Waals surface area contributed by atoms with Crippen LogP contribution in [0.25, 0.3) is 0 Å². The van der Waals surface area contributed by atoms with Crippen LogP contribution in [0.3, 0.4) is 0 Å². The fraction of sp³-hybridized carbons (Fsp3) is 0.409. The van der Waals surface area contributed by atoms with Crippen LogP contribution in [0.5, 0.6) is 5.75 Å². The predicted molar refractivity (Wildman–Crippen MR) is 112 cm³/mol. The number of hydrogen-bond acceptors (Lipinski definition) is 4. The topological polar surface area (TPSA) is 95.5 Å². The van der Waals surface area contributed by atoms with Gasteiger partial charge in [-0.2, -0.15) is 4.72 Å². The molecule has 6 nitrogen and oxygen atoms in total. The number of nitrogens with one attached hydrogen (secondary N) is 2. The number of carbonyl (C=O) groups excluding carboxylic acids is 1. The summed E-state index contributed by atoms with van der Waals surface area (Å²) in [6, 6.07) is 10.7. The summed E-state index contributed by atoms with van der Waals surface area (Å²) in [5, 5.41) is 13.0. The molecule has 0 saturated heterocycles. The van der Waals surface area contributed by atoms with Crippen molar-refractivity contribution in [3.8, 4) is 5.75 Å². The summed E-state index contributed by atoms with van der Waals surface area (Å²) in [5.41, 5.74) is 2.70. The van der Waals surface area contributed by atoms with Gasteiger partial charge in [-0.05, 0) is 61.4 Å². The molecule has 0 spiro atoms. The molecule has 2 aromatic carbocycles. The van der Waals surface area contributed by atoms with Gasteiger partial charge in [-0.15, -0.1) is 0 Å². The van der Waals surface area contributed by atoms with Gasteiger partial charge >= 0.3 is 0 Å². The second-order valence-electron chi connectivity index (χ2n) is 8.06. The normalized spacial score (nSPS) is 17.2.